The quantitative estimate of drug-likeness (QED) is 0.830. The van der Waals surface area contributed by atoms with Crippen LogP contribution in [0.25, 0.3) is 0 Å². The molecule has 0 unspecified atom stereocenters. The number of nitrogens with zero attached hydrogens (tertiary/aromatic N) is 2. The molecule has 0 spiro atoms. The van der Waals surface area contributed by atoms with Crippen molar-refractivity contribution in [2.75, 3.05) is 52.5 Å². The standard InChI is InChI=1S/C18H33N3O3/c1-2-24-16-13-18(14-16,21-9-11-23-12-10-21)15-19-17(22)20-7-5-3-4-6-8-20/h16H,2-15H2,1H3,(H,19,22). The average molecular weight is 339 g/mol. The Morgan fingerprint density at radius 2 is 1.79 bits per heavy atom. The zero-order chi connectivity index (χ0) is 16.8. The Balaban J connectivity index is 1.54. The van der Waals surface area contributed by atoms with E-state index in [4.69, 9.17) is 9.47 Å². The third kappa shape index (κ3) is 4.21. The number of likely N-dealkylation sites (tertiary alicyclic amines) is 1. The van der Waals surface area contributed by atoms with Gasteiger partial charge in [-0.3, -0.25) is 4.90 Å². The third-order valence-electron chi connectivity index (χ3n) is 5.76. The van der Waals surface area contributed by atoms with E-state index in [9.17, 15) is 4.79 Å². The molecule has 6 heteroatoms. The normalized spacial score (nSPS) is 32.0. The molecule has 1 N–H and O–H groups in total. The van der Waals surface area contributed by atoms with Crippen molar-refractivity contribution in [3.05, 3.63) is 0 Å². The van der Waals surface area contributed by atoms with Crippen LogP contribution in [0.4, 0.5) is 4.79 Å². The van der Waals surface area contributed by atoms with E-state index < -0.39 is 0 Å². The second-order valence-electron chi connectivity index (χ2n) is 7.37. The Labute approximate surface area is 145 Å². The van der Waals surface area contributed by atoms with Crippen LogP contribution in [0.15, 0.2) is 0 Å². The highest BCUT2D eigenvalue weighted by Crippen LogP contribution is 2.40. The van der Waals surface area contributed by atoms with Crippen LogP contribution in [0.5, 0.6) is 0 Å². The van der Waals surface area contributed by atoms with Gasteiger partial charge in [-0.2, -0.15) is 0 Å². The van der Waals surface area contributed by atoms with Crippen molar-refractivity contribution in [3.8, 4) is 0 Å². The molecule has 0 bridgehead atoms. The lowest BCUT2D eigenvalue weighted by atomic mass is 9.72. The lowest BCUT2D eigenvalue weighted by molar-refractivity contribution is -0.124. The number of urea groups is 1. The summed E-state index contributed by atoms with van der Waals surface area (Å²) >= 11 is 0. The van der Waals surface area contributed by atoms with E-state index in [1.165, 1.54) is 12.8 Å². The van der Waals surface area contributed by atoms with E-state index in [0.717, 1.165) is 78.2 Å². The van der Waals surface area contributed by atoms with Crippen LogP contribution in [0, 0.1) is 0 Å². The summed E-state index contributed by atoms with van der Waals surface area (Å²) in [5.74, 6) is 0. The molecule has 0 aromatic carbocycles. The van der Waals surface area contributed by atoms with Gasteiger partial charge in [0.1, 0.15) is 0 Å². The van der Waals surface area contributed by atoms with Crippen LogP contribution in [0.1, 0.15) is 45.4 Å². The highest BCUT2D eigenvalue weighted by atomic mass is 16.5. The number of hydrogen-bond acceptors (Lipinski definition) is 4. The molecule has 2 saturated heterocycles. The smallest absolute Gasteiger partial charge is 0.317 e. The maximum absolute atomic E-state index is 12.6. The average Bonchev–Trinajstić information content (AvgIpc) is 2.87. The number of morpholine rings is 1. The molecule has 0 aromatic rings. The molecule has 2 heterocycles. The van der Waals surface area contributed by atoms with Crippen LogP contribution in [-0.2, 0) is 9.47 Å². The summed E-state index contributed by atoms with van der Waals surface area (Å²) in [5, 5.41) is 3.23. The van der Waals surface area contributed by atoms with Crippen LogP contribution in [-0.4, -0.2) is 80.0 Å². The van der Waals surface area contributed by atoms with Gasteiger partial charge in [-0.15, -0.1) is 0 Å². The summed E-state index contributed by atoms with van der Waals surface area (Å²) in [6.45, 7) is 8.85. The maximum Gasteiger partial charge on any atom is 0.317 e. The minimum Gasteiger partial charge on any atom is -0.379 e. The summed E-state index contributed by atoms with van der Waals surface area (Å²) in [6, 6.07) is 0.115. The molecule has 3 fully saturated rings. The van der Waals surface area contributed by atoms with Gasteiger partial charge in [0.25, 0.3) is 0 Å². The number of carbonyl (C=O) groups is 1. The monoisotopic (exact) mass is 339 g/mol. The maximum atomic E-state index is 12.6. The van der Waals surface area contributed by atoms with Crippen molar-refractivity contribution in [1.82, 2.24) is 15.1 Å². The Morgan fingerprint density at radius 3 is 2.42 bits per heavy atom. The molecule has 1 saturated carbocycles. The van der Waals surface area contributed by atoms with Gasteiger partial charge < -0.3 is 19.7 Å². The first kappa shape index (κ1) is 18.0. The topological polar surface area (TPSA) is 54.0 Å². The summed E-state index contributed by atoms with van der Waals surface area (Å²) in [4.78, 5) is 17.1. The van der Waals surface area contributed by atoms with E-state index in [0.29, 0.717) is 6.10 Å². The predicted octanol–water partition coefficient (Wildman–Crippen LogP) is 1.84. The summed E-state index contributed by atoms with van der Waals surface area (Å²) < 4.78 is 11.3. The fraction of sp³-hybridized carbons (Fsp3) is 0.944. The first-order chi connectivity index (χ1) is 11.7. The first-order valence-corrected chi connectivity index (χ1v) is 9.71. The lowest BCUT2D eigenvalue weighted by Crippen LogP contribution is -2.67. The van der Waals surface area contributed by atoms with Gasteiger partial charge in [0, 0.05) is 44.9 Å². The SMILES string of the molecule is CCOC1CC(CNC(=O)N2CCCCCC2)(N2CCOCC2)C1. The summed E-state index contributed by atoms with van der Waals surface area (Å²) in [5.41, 5.74) is 0.0606. The van der Waals surface area contributed by atoms with Gasteiger partial charge in [0.15, 0.2) is 0 Å². The zero-order valence-electron chi connectivity index (χ0n) is 15.1. The van der Waals surface area contributed by atoms with Gasteiger partial charge in [0.2, 0.25) is 0 Å². The Hall–Kier alpha value is -0.850. The number of carbonyl (C=O) groups excluding carboxylic acids is 1. The van der Waals surface area contributed by atoms with Gasteiger partial charge in [-0.25, -0.2) is 4.79 Å². The predicted molar refractivity (Wildman–Crippen MR) is 93.2 cm³/mol. The van der Waals surface area contributed by atoms with Gasteiger partial charge in [-0.05, 0) is 32.6 Å². The molecule has 0 atom stereocenters. The van der Waals surface area contributed by atoms with E-state index >= 15 is 0 Å². The van der Waals surface area contributed by atoms with Crippen molar-refractivity contribution in [3.63, 3.8) is 0 Å². The van der Waals surface area contributed by atoms with Crippen molar-refractivity contribution in [2.24, 2.45) is 0 Å². The number of nitrogens with one attached hydrogen (secondary N) is 1. The van der Waals surface area contributed by atoms with Crippen molar-refractivity contribution < 1.29 is 14.3 Å². The molecule has 0 aromatic heterocycles. The van der Waals surface area contributed by atoms with Crippen molar-refractivity contribution in [1.29, 1.82) is 0 Å². The molecule has 3 rings (SSSR count). The molecule has 6 nitrogen and oxygen atoms in total. The fourth-order valence-corrected chi connectivity index (χ4v) is 4.32. The Bertz CT molecular complexity index is 398. The van der Waals surface area contributed by atoms with E-state index in [2.05, 4.69) is 17.1 Å². The first-order valence-electron chi connectivity index (χ1n) is 9.71. The lowest BCUT2D eigenvalue weighted by Gasteiger charge is -2.55. The molecular weight excluding hydrogens is 306 g/mol. The minimum atomic E-state index is 0.0606. The van der Waals surface area contributed by atoms with E-state index in [1.807, 2.05) is 4.90 Å². The molecule has 3 aliphatic rings. The summed E-state index contributed by atoms with van der Waals surface area (Å²) in [7, 11) is 0. The third-order valence-corrected chi connectivity index (χ3v) is 5.76. The van der Waals surface area contributed by atoms with Crippen LogP contribution in [0.2, 0.25) is 0 Å². The molecule has 24 heavy (non-hydrogen) atoms. The molecule has 138 valence electrons. The van der Waals surface area contributed by atoms with Crippen LogP contribution >= 0.6 is 0 Å². The molecule has 2 aliphatic heterocycles. The van der Waals surface area contributed by atoms with Gasteiger partial charge in [0.05, 0.1) is 19.3 Å². The highest BCUT2D eigenvalue weighted by molar-refractivity contribution is 5.74. The summed E-state index contributed by atoms with van der Waals surface area (Å²) in [6.07, 6.45) is 7.13. The number of hydrogen-bond donors (Lipinski definition) is 1. The van der Waals surface area contributed by atoms with E-state index in [-0.39, 0.29) is 11.6 Å². The molecule has 1 aliphatic carbocycles. The van der Waals surface area contributed by atoms with Gasteiger partial charge >= 0.3 is 6.03 Å². The van der Waals surface area contributed by atoms with Crippen molar-refractivity contribution in [2.45, 2.75) is 57.1 Å². The van der Waals surface area contributed by atoms with Crippen LogP contribution in [0.3, 0.4) is 0 Å². The largest absolute Gasteiger partial charge is 0.379 e. The fourth-order valence-electron chi connectivity index (χ4n) is 4.32. The number of rotatable bonds is 5. The highest BCUT2D eigenvalue weighted by Gasteiger charge is 2.49. The van der Waals surface area contributed by atoms with Crippen LogP contribution < -0.4 is 5.32 Å². The molecule has 2 amide bonds. The Morgan fingerprint density at radius 1 is 1.12 bits per heavy atom. The van der Waals surface area contributed by atoms with Crippen molar-refractivity contribution >= 4 is 6.03 Å². The Kier molecular flexibility index (Phi) is 6.36. The second kappa shape index (κ2) is 8.50. The second-order valence-corrected chi connectivity index (χ2v) is 7.37. The zero-order valence-corrected chi connectivity index (χ0v) is 15.1. The van der Waals surface area contributed by atoms with E-state index in [1.54, 1.807) is 0 Å². The number of amides is 2. The van der Waals surface area contributed by atoms with Gasteiger partial charge in [-0.1, -0.05) is 12.8 Å². The minimum absolute atomic E-state index is 0.0606. The number of ether oxygens (including phenoxy) is 2. The molecular formula is C18H33N3O3. The molecule has 0 radical (unpaired) electrons.